The number of carbonyl (C=O) groups excluding carboxylic acids is 1. The highest BCUT2D eigenvalue weighted by Crippen LogP contribution is 2.35. The van der Waals surface area contributed by atoms with Gasteiger partial charge in [-0.3, -0.25) is 14.2 Å². The molecule has 4 nitrogen and oxygen atoms in total. The number of Topliss-reactive ketones (excluding diaryl/α,β-unsaturated/α-hetero) is 1. The van der Waals surface area contributed by atoms with Crippen LogP contribution in [0.3, 0.4) is 0 Å². The van der Waals surface area contributed by atoms with E-state index in [1.165, 1.54) is 34.4 Å². The highest BCUT2D eigenvalue weighted by atomic mass is 79.9. The van der Waals surface area contributed by atoms with Crippen LogP contribution < -0.4 is 5.56 Å². The molecule has 7 heteroatoms. The van der Waals surface area contributed by atoms with E-state index in [1.807, 2.05) is 6.92 Å². The summed E-state index contributed by atoms with van der Waals surface area (Å²) in [6, 6.07) is 13.0. The summed E-state index contributed by atoms with van der Waals surface area (Å²) in [7, 11) is 0. The molecule has 4 aromatic rings. The van der Waals surface area contributed by atoms with Gasteiger partial charge in [-0.05, 0) is 36.8 Å². The average molecular weight is 457 g/mol. The van der Waals surface area contributed by atoms with E-state index in [2.05, 4.69) is 20.9 Å². The van der Waals surface area contributed by atoms with Crippen LogP contribution in [-0.2, 0) is 6.54 Å². The molecule has 0 fully saturated rings. The maximum atomic E-state index is 13.3. The summed E-state index contributed by atoms with van der Waals surface area (Å²) in [6.07, 6.45) is 1.41. The largest absolute Gasteiger partial charge is 0.292 e. The first kappa shape index (κ1) is 18.7. The summed E-state index contributed by atoms with van der Waals surface area (Å²) in [6.45, 7) is 1.81. The molecule has 140 valence electrons. The third kappa shape index (κ3) is 3.43. The Bertz CT molecular complexity index is 1240. The molecule has 0 aliphatic rings. The van der Waals surface area contributed by atoms with E-state index < -0.39 is 0 Å². The lowest BCUT2D eigenvalue weighted by Gasteiger charge is -2.07. The molecule has 4 rings (SSSR count). The van der Waals surface area contributed by atoms with Crippen LogP contribution in [0.1, 0.15) is 15.2 Å². The molecule has 0 bridgehead atoms. The summed E-state index contributed by atoms with van der Waals surface area (Å²) in [5.41, 5.74) is 1.73. The molecular formula is C21H14BrFN2O2S. The number of thiophene rings is 1. The predicted octanol–water partition coefficient (Wildman–Crippen LogP) is 5.22. The number of carbonyl (C=O) groups is 1. The van der Waals surface area contributed by atoms with E-state index >= 15 is 0 Å². The molecule has 0 aliphatic carbocycles. The topological polar surface area (TPSA) is 52.0 Å². The minimum Gasteiger partial charge on any atom is -0.292 e. The molecule has 0 saturated heterocycles. The van der Waals surface area contributed by atoms with E-state index in [-0.39, 0.29) is 23.7 Å². The highest BCUT2D eigenvalue weighted by molar-refractivity contribution is 9.10. The van der Waals surface area contributed by atoms with E-state index in [0.717, 1.165) is 20.5 Å². The lowest BCUT2D eigenvalue weighted by molar-refractivity contribution is 0.0970. The first-order chi connectivity index (χ1) is 13.4. The molecule has 0 N–H and O–H groups in total. The maximum Gasteiger partial charge on any atom is 0.263 e. The van der Waals surface area contributed by atoms with Crippen molar-refractivity contribution in [2.75, 3.05) is 0 Å². The highest BCUT2D eigenvalue weighted by Gasteiger charge is 2.18. The molecule has 0 radical (unpaired) electrons. The minimum atomic E-state index is -0.337. The van der Waals surface area contributed by atoms with Gasteiger partial charge in [-0.1, -0.05) is 40.2 Å². The molecule has 0 saturated carbocycles. The second kappa shape index (κ2) is 7.41. The minimum absolute atomic E-state index is 0.0961. The SMILES string of the molecule is Cc1sc2ncn(CC(=O)c3ccc(Br)cc3)c(=O)c2c1-c1ccc(F)cc1. The predicted molar refractivity (Wildman–Crippen MR) is 112 cm³/mol. The number of aryl methyl sites for hydroxylation is 1. The van der Waals surface area contributed by atoms with Gasteiger partial charge in [0.25, 0.3) is 5.56 Å². The number of benzene rings is 2. The summed E-state index contributed by atoms with van der Waals surface area (Å²) in [4.78, 5) is 31.6. The zero-order valence-electron chi connectivity index (χ0n) is 14.8. The number of rotatable bonds is 4. The first-order valence-electron chi connectivity index (χ1n) is 8.47. The number of nitrogens with zero attached hydrogens (tertiary/aromatic N) is 2. The standard InChI is InChI=1S/C21H14BrFN2O2S/c1-12-18(14-4-8-16(23)9-5-14)19-20(28-12)24-11-25(21(19)27)10-17(26)13-2-6-15(22)7-3-13/h2-9,11H,10H2,1H3. The Balaban J connectivity index is 1.79. The molecule has 0 amide bonds. The second-order valence-electron chi connectivity index (χ2n) is 6.33. The van der Waals surface area contributed by atoms with Crippen LogP contribution in [0.4, 0.5) is 4.39 Å². The summed E-state index contributed by atoms with van der Waals surface area (Å²) in [5, 5.41) is 0.459. The van der Waals surface area contributed by atoms with Gasteiger partial charge < -0.3 is 0 Å². The van der Waals surface area contributed by atoms with Gasteiger partial charge in [0, 0.05) is 20.5 Å². The van der Waals surface area contributed by atoms with Crippen LogP contribution in [0, 0.1) is 12.7 Å². The Morgan fingerprint density at radius 3 is 2.50 bits per heavy atom. The number of hydrogen-bond donors (Lipinski definition) is 0. The quantitative estimate of drug-likeness (QED) is 0.395. The lowest BCUT2D eigenvalue weighted by Crippen LogP contribution is -2.24. The average Bonchev–Trinajstić information content (AvgIpc) is 3.02. The lowest BCUT2D eigenvalue weighted by atomic mass is 10.0. The fourth-order valence-electron chi connectivity index (χ4n) is 3.10. The molecule has 0 unspecified atom stereocenters. The third-order valence-corrected chi connectivity index (χ3v) is 6.01. The molecule has 2 heterocycles. The van der Waals surface area contributed by atoms with Crippen LogP contribution in [-0.4, -0.2) is 15.3 Å². The summed E-state index contributed by atoms with van der Waals surface area (Å²) >= 11 is 4.75. The Labute approximate surface area is 172 Å². The zero-order valence-corrected chi connectivity index (χ0v) is 17.2. The van der Waals surface area contributed by atoms with Crippen molar-refractivity contribution in [3.05, 3.63) is 85.9 Å². The Morgan fingerprint density at radius 2 is 1.82 bits per heavy atom. The van der Waals surface area contributed by atoms with Gasteiger partial charge in [-0.2, -0.15) is 0 Å². The fourth-order valence-corrected chi connectivity index (χ4v) is 4.36. The van der Waals surface area contributed by atoms with Crippen LogP contribution in [0.5, 0.6) is 0 Å². The van der Waals surface area contributed by atoms with Crippen molar-refractivity contribution in [3.8, 4) is 11.1 Å². The van der Waals surface area contributed by atoms with E-state index in [0.29, 0.717) is 15.8 Å². The van der Waals surface area contributed by atoms with E-state index in [9.17, 15) is 14.0 Å². The van der Waals surface area contributed by atoms with Gasteiger partial charge in [0.2, 0.25) is 0 Å². The molecule has 2 aromatic heterocycles. The second-order valence-corrected chi connectivity index (χ2v) is 8.45. The van der Waals surface area contributed by atoms with Crippen LogP contribution in [0.15, 0.2) is 64.1 Å². The van der Waals surface area contributed by atoms with Crippen LogP contribution in [0.2, 0.25) is 0 Å². The van der Waals surface area contributed by atoms with Gasteiger partial charge in [-0.15, -0.1) is 11.3 Å². The monoisotopic (exact) mass is 456 g/mol. The first-order valence-corrected chi connectivity index (χ1v) is 10.1. The molecule has 0 atom stereocenters. The molecule has 0 spiro atoms. The summed E-state index contributed by atoms with van der Waals surface area (Å²) < 4.78 is 15.5. The van der Waals surface area contributed by atoms with Crippen molar-refractivity contribution >= 4 is 43.3 Å². The van der Waals surface area contributed by atoms with Crippen molar-refractivity contribution in [2.24, 2.45) is 0 Å². The van der Waals surface area contributed by atoms with Crippen LogP contribution >= 0.6 is 27.3 Å². The van der Waals surface area contributed by atoms with Gasteiger partial charge in [-0.25, -0.2) is 9.37 Å². The van der Waals surface area contributed by atoms with E-state index in [1.54, 1.807) is 36.4 Å². The number of ketones is 1. The zero-order chi connectivity index (χ0) is 19.8. The van der Waals surface area contributed by atoms with Gasteiger partial charge in [0.1, 0.15) is 10.6 Å². The third-order valence-electron chi connectivity index (χ3n) is 4.47. The molecule has 28 heavy (non-hydrogen) atoms. The van der Waals surface area contributed by atoms with Gasteiger partial charge in [0.05, 0.1) is 18.3 Å². The van der Waals surface area contributed by atoms with Gasteiger partial charge >= 0.3 is 0 Å². The number of aromatic nitrogens is 2. The smallest absolute Gasteiger partial charge is 0.263 e. The number of fused-ring (bicyclic) bond motifs is 1. The number of halogens is 2. The molecular weight excluding hydrogens is 443 g/mol. The molecule has 0 aliphatic heterocycles. The Morgan fingerprint density at radius 1 is 1.14 bits per heavy atom. The van der Waals surface area contributed by atoms with Crippen molar-refractivity contribution in [2.45, 2.75) is 13.5 Å². The Hall–Kier alpha value is -2.64. The van der Waals surface area contributed by atoms with Gasteiger partial charge in [0.15, 0.2) is 5.78 Å². The van der Waals surface area contributed by atoms with Crippen molar-refractivity contribution in [1.82, 2.24) is 9.55 Å². The van der Waals surface area contributed by atoms with Crippen LogP contribution in [0.25, 0.3) is 21.3 Å². The maximum absolute atomic E-state index is 13.3. The van der Waals surface area contributed by atoms with Crippen molar-refractivity contribution < 1.29 is 9.18 Å². The summed E-state index contributed by atoms with van der Waals surface area (Å²) in [5.74, 6) is -0.511. The van der Waals surface area contributed by atoms with Crippen molar-refractivity contribution in [1.29, 1.82) is 0 Å². The Kier molecular flexibility index (Phi) is 4.95. The van der Waals surface area contributed by atoms with Crippen molar-refractivity contribution in [3.63, 3.8) is 0 Å². The normalized spacial score (nSPS) is 11.1. The van der Waals surface area contributed by atoms with E-state index in [4.69, 9.17) is 0 Å². The molecule has 2 aromatic carbocycles. The number of hydrogen-bond acceptors (Lipinski definition) is 4. The fraction of sp³-hybridized carbons (Fsp3) is 0.0952.